The summed E-state index contributed by atoms with van der Waals surface area (Å²) >= 11 is 11.7. The minimum absolute atomic E-state index is 0.00384. The summed E-state index contributed by atoms with van der Waals surface area (Å²) in [7, 11) is 0. The summed E-state index contributed by atoms with van der Waals surface area (Å²) in [6, 6.07) is 2.12. The largest absolute Gasteiger partial charge is 0.369 e. The van der Waals surface area contributed by atoms with Gasteiger partial charge in [-0.3, -0.25) is 9.78 Å². The van der Waals surface area contributed by atoms with E-state index in [0.29, 0.717) is 12.4 Å². The summed E-state index contributed by atoms with van der Waals surface area (Å²) in [5, 5.41) is 5.44. The lowest BCUT2D eigenvalue weighted by atomic mass is 10.3. The molecular formula is C13H11Cl2FN4O. The van der Waals surface area contributed by atoms with Crippen LogP contribution in [-0.2, 0) is 0 Å². The van der Waals surface area contributed by atoms with Gasteiger partial charge in [-0.05, 0) is 19.1 Å². The van der Waals surface area contributed by atoms with Crippen LogP contribution in [0.1, 0.15) is 17.4 Å². The Bertz CT molecular complexity index is 658. The number of hydrogen-bond acceptors (Lipinski definition) is 4. The molecule has 0 saturated carbocycles. The lowest BCUT2D eigenvalue weighted by Gasteiger charge is -2.09. The zero-order chi connectivity index (χ0) is 15.4. The number of halogens is 3. The first-order chi connectivity index (χ1) is 10.0. The Morgan fingerprint density at radius 3 is 2.57 bits per heavy atom. The number of nitrogens with zero attached hydrogens (tertiary/aromatic N) is 2. The maximum Gasteiger partial charge on any atom is 0.276 e. The fourth-order valence-electron chi connectivity index (χ4n) is 1.58. The number of nitrogens with one attached hydrogen (secondary N) is 2. The minimum atomic E-state index is -0.586. The van der Waals surface area contributed by atoms with Crippen LogP contribution in [0.15, 0.2) is 24.5 Å². The van der Waals surface area contributed by atoms with Crippen molar-refractivity contribution < 1.29 is 9.18 Å². The van der Waals surface area contributed by atoms with Gasteiger partial charge in [-0.2, -0.15) is 0 Å². The molecule has 0 aliphatic rings. The van der Waals surface area contributed by atoms with Gasteiger partial charge in [-0.1, -0.05) is 23.2 Å². The molecule has 0 bridgehead atoms. The number of amides is 1. The topological polar surface area (TPSA) is 66.9 Å². The molecule has 0 aliphatic carbocycles. The standard InChI is InChI=1S/C13H11Cl2FN4O/c1-2-18-11-6-17-5-10(19-11)13(21)20-12-8(14)3-7(16)4-9(12)15/h3-6H,2H2,1H3,(H,18,19)(H,20,21). The van der Waals surface area contributed by atoms with Gasteiger partial charge < -0.3 is 10.6 Å². The van der Waals surface area contributed by atoms with Crippen LogP contribution in [0.3, 0.4) is 0 Å². The van der Waals surface area contributed by atoms with Gasteiger partial charge in [0.2, 0.25) is 0 Å². The molecule has 1 aromatic heterocycles. The van der Waals surface area contributed by atoms with Crippen LogP contribution in [0.25, 0.3) is 0 Å². The zero-order valence-corrected chi connectivity index (χ0v) is 12.5. The van der Waals surface area contributed by atoms with Gasteiger partial charge >= 0.3 is 0 Å². The molecule has 0 radical (unpaired) electrons. The predicted octanol–water partition coefficient (Wildman–Crippen LogP) is 3.61. The molecule has 2 aromatic rings. The van der Waals surface area contributed by atoms with E-state index in [-0.39, 0.29) is 21.4 Å². The van der Waals surface area contributed by atoms with E-state index in [1.54, 1.807) is 0 Å². The van der Waals surface area contributed by atoms with Gasteiger partial charge in [0, 0.05) is 6.54 Å². The van der Waals surface area contributed by atoms with E-state index in [1.807, 2.05) is 6.92 Å². The smallest absolute Gasteiger partial charge is 0.276 e. The third kappa shape index (κ3) is 3.80. The van der Waals surface area contributed by atoms with E-state index >= 15 is 0 Å². The van der Waals surface area contributed by atoms with E-state index in [4.69, 9.17) is 23.2 Å². The minimum Gasteiger partial charge on any atom is -0.369 e. The first-order valence-electron chi connectivity index (χ1n) is 6.03. The van der Waals surface area contributed by atoms with E-state index in [0.717, 1.165) is 12.1 Å². The fraction of sp³-hybridized carbons (Fsp3) is 0.154. The summed E-state index contributed by atoms with van der Waals surface area (Å²) < 4.78 is 13.1. The van der Waals surface area contributed by atoms with Crippen molar-refractivity contribution in [3.05, 3.63) is 46.1 Å². The van der Waals surface area contributed by atoms with Crippen molar-refractivity contribution in [1.82, 2.24) is 9.97 Å². The summed E-state index contributed by atoms with van der Waals surface area (Å²) in [5.74, 6) is -0.656. The van der Waals surface area contributed by atoms with E-state index in [2.05, 4.69) is 20.6 Å². The number of carbonyl (C=O) groups is 1. The van der Waals surface area contributed by atoms with Crippen molar-refractivity contribution >= 4 is 40.6 Å². The summed E-state index contributed by atoms with van der Waals surface area (Å²) in [6.45, 7) is 2.54. The Kier molecular flexibility index (Phi) is 4.93. The summed E-state index contributed by atoms with van der Waals surface area (Å²) in [4.78, 5) is 20.1. The van der Waals surface area contributed by atoms with Gasteiger partial charge in [-0.25, -0.2) is 9.37 Å². The molecular weight excluding hydrogens is 318 g/mol. The van der Waals surface area contributed by atoms with Gasteiger partial charge in [0.25, 0.3) is 5.91 Å². The molecule has 8 heteroatoms. The van der Waals surface area contributed by atoms with Crippen LogP contribution in [0, 0.1) is 5.82 Å². The SMILES string of the molecule is CCNc1cncc(C(=O)Nc2c(Cl)cc(F)cc2Cl)n1. The van der Waals surface area contributed by atoms with E-state index in [1.165, 1.54) is 12.4 Å². The van der Waals surface area contributed by atoms with Crippen LogP contribution in [0.2, 0.25) is 10.0 Å². The molecule has 0 atom stereocenters. The lowest BCUT2D eigenvalue weighted by Crippen LogP contribution is -2.16. The van der Waals surface area contributed by atoms with Crippen LogP contribution in [-0.4, -0.2) is 22.4 Å². The highest BCUT2D eigenvalue weighted by Crippen LogP contribution is 2.31. The molecule has 110 valence electrons. The molecule has 2 rings (SSSR count). The predicted molar refractivity (Wildman–Crippen MR) is 80.6 cm³/mol. The van der Waals surface area contributed by atoms with Crippen molar-refractivity contribution in [3.63, 3.8) is 0 Å². The first kappa shape index (κ1) is 15.5. The highest BCUT2D eigenvalue weighted by molar-refractivity contribution is 6.40. The second-order valence-corrected chi connectivity index (χ2v) is 4.83. The number of carbonyl (C=O) groups excluding carboxylic acids is 1. The fourth-order valence-corrected chi connectivity index (χ4v) is 2.14. The van der Waals surface area contributed by atoms with Crippen LogP contribution >= 0.6 is 23.2 Å². The number of benzene rings is 1. The highest BCUT2D eigenvalue weighted by atomic mass is 35.5. The molecule has 5 nitrogen and oxygen atoms in total. The average Bonchev–Trinajstić information content (AvgIpc) is 2.43. The molecule has 0 saturated heterocycles. The first-order valence-corrected chi connectivity index (χ1v) is 6.78. The normalized spacial score (nSPS) is 10.3. The zero-order valence-electron chi connectivity index (χ0n) is 11.0. The van der Waals surface area contributed by atoms with Crippen molar-refractivity contribution in [3.8, 4) is 0 Å². The second kappa shape index (κ2) is 6.69. The molecule has 0 spiro atoms. The number of hydrogen-bond donors (Lipinski definition) is 2. The van der Waals surface area contributed by atoms with Gasteiger partial charge in [0.15, 0.2) is 0 Å². The van der Waals surface area contributed by atoms with Crippen LogP contribution < -0.4 is 10.6 Å². The van der Waals surface area contributed by atoms with Crippen LogP contribution in [0.5, 0.6) is 0 Å². The Labute approximate surface area is 130 Å². The molecule has 1 aromatic carbocycles. The maximum absolute atomic E-state index is 13.1. The molecule has 21 heavy (non-hydrogen) atoms. The molecule has 0 unspecified atom stereocenters. The van der Waals surface area contributed by atoms with Crippen molar-refractivity contribution in [2.75, 3.05) is 17.2 Å². The molecule has 0 aliphatic heterocycles. The third-order valence-electron chi connectivity index (χ3n) is 2.47. The van der Waals surface area contributed by atoms with Gasteiger partial charge in [-0.15, -0.1) is 0 Å². The number of rotatable bonds is 4. The maximum atomic E-state index is 13.1. The molecule has 1 heterocycles. The van der Waals surface area contributed by atoms with Crippen molar-refractivity contribution in [2.24, 2.45) is 0 Å². The van der Waals surface area contributed by atoms with Crippen molar-refractivity contribution in [2.45, 2.75) is 6.92 Å². The summed E-state index contributed by atoms with van der Waals surface area (Å²) in [6.07, 6.45) is 2.81. The highest BCUT2D eigenvalue weighted by Gasteiger charge is 2.14. The monoisotopic (exact) mass is 328 g/mol. The van der Waals surface area contributed by atoms with Crippen LogP contribution in [0.4, 0.5) is 15.9 Å². The van der Waals surface area contributed by atoms with Crippen molar-refractivity contribution in [1.29, 1.82) is 0 Å². The quantitative estimate of drug-likeness (QED) is 0.899. The van der Waals surface area contributed by atoms with E-state index in [9.17, 15) is 9.18 Å². The lowest BCUT2D eigenvalue weighted by molar-refractivity contribution is 0.102. The average molecular weight is 329 g/mol. The second-order valence-electron chi connectivity index (χ2n) is 4.02. The number of aromatic nitrogens is 2. The van der Waals surface area contributed by atoms with Gasteiger partial charge in [0.1, 0.15) is 17.3 Å². The Morgan fingerprint density at radius 1 is 1.29 bits per heavy atom. The number of anilines is 2. The van der Waals surface area contributed by atoms with E-state index < -0.39 is 11.7 Å². The molecule has 1 amide bonds. The molecule has 0 fully saturated rings. The van der Waals surface area contributed by atoms with Gasteiger partial charge in [0.05, 0.1) is 28.1 Å². The third-order valence-corrected chi connectivity index (χ3v) is 3.07. The summed E-state index contributed by atoms with van der Waals surface area (Å²) in [5.41, 5.74) is 0.213. The Morgan fingerprint density at radius 2 is 1.95 bits per heavy atom. The Hall–Kier alpha value is -1.92. The molecule has 2 N–H and O–H groups in total. The Balaban J connectivity index is 2.24.